The summed E-state index contributed by atoms with van der Waals surface area (Å²) in [6, 6.07) is 6.24. The molecule has 0 aliphatic carbocycles. The highest BCUT2D eigenvalue weighted by Gasteiger charge is 2.23. The maximum Gasteiger partial charge on any atom is 0.243 e. The van der Waals surface area contributed by atoms with Crippen molar-refractivity contribution in [3.8, 4) is 0 Å². The monoisotopic (exact) mass is 283 g/mol. The first-order chi connectivity index (χ1) is 8.93. The first-order valence-corrected chi connectivity index (χ1v) is 7.98. The summed E-state index contributed by atoms with van der Waals surface area (Å²) in [4.78, 5) is 11.5. The van der Waals surface area contributed by atoms with Crippen LogP contribution in [-0.4, -0.2) is 31.6 Å². The van der Waals surface area contributed by atoms with Crippen molar-refractivity contribution in [1.82, 2.24) is 4.31 Å². The van der Waals surface area contributed by atoms with Gasteiger partial charge in [0.2, 0.25) is 10.0 Å². The molecule has 0 spiro atoms. The summed E-state index contributed by atoms with van der Waals surface area (Å²) >= 11 is 0. The van der Waals surface area contributed by atoms with Crippen LogP contribution in [0, 0.1) is 0 Å². The molecule has 0 aliphatic heterocycles. The maximum absolute atomic E-state index is 12.5. The number of hydrogen-bond donors (Lipinski definition) is 0. The Kier molecular flexibility index (Phi) is 5.69. The molecule has 0 unspecified atom stereocenters. The Morgan fingerprint density at radius 3 is 2.21 bits per heavy atom. The molecule has 1 rings (SSSR count). The van der Waals surface area contributed by atoms with Crippen LogP contribution in [0.15, 0.2) is 29.2 Å². The Bertz CT molecular complexity index is 531. The fourth-order valence-corrected chi connectivity index (χ4v) is 3.55. The molecule has 0 atom stereocenters. The molecule has 0 aromatic heterocycles. The lowest BCUT2D eigenvalue weighted by Gasteiger charge is -2.21. The molecule has 0 radical (unpaired) electrons. The van der Waals surface area contributed by atoms with Crippen LogP contribution in [-0.2, 0) is 10.0 Å². The molecule has 0 heterocycles. The van der Waals surface area contributed by atoms with E-state index >= 15 is 0 Å². The zero-order valence-electron chi connectivity index (χ0n) is 11.7. The summed E-state index contributed by atoms with van der Waals surface area (Å²) in [5.74, 6) is -0.130. The highest BCUT2D eigenvalue weighted by molar-refractivity contribution is 7.89. The lowest BCUT2D eigenvalue weighted by atomic mass is 10.2. The van der Waals surface area contributed by atoms with E-state index < -0.39 is 10.0 Å². The lowest BCUT2D eigenvalue weighted by Crippen LogP contribution is -2.32. The van der Waals surface area contributed by atoms with E-state index in [0.29, 0.717) is 18.7 Å². The molecule has 0 saturated heterocycles. The Balaban J connectivity index is 3.17. The van der Waals surface area contributed by atoms with Crippen LogP contribution in [0.4, 0.5) is 0 Å². The van der Waals surface area contributed by atoms with E-state index in [2.05, 4.69) is 0 Å². The largest absolute Gasteiger partial charge is 0.295 e. The summed E-state index contributed by atoms with van der Waals surface area (Å²) in [7, 11) is -3.50. The minimum absolute atomic E-state index is 0.130. The summed E-state index contributed by atoms with van der Waals surface area (Å²) < 4.78 is 26.5. The summed E-state index contributed by atoms with van der Waals surface area (Å²) in [6.45, 7) is 6.33. The van der Waals surface area contributed by atoms with E-state index in [1.807, 2.05) is 13.8 Å². The highest BCUT2D eigenvalue weighted by atomic mass is 32.2. The second-order valence-electron chi connectivity index (χ2n) is 4.49. The molecule has 0 fully saturated rings. The van der Waals surface area contributed by atoms with Crippen molar-refractivity contribution >= 4 is 15.8 Å². The van der Waals surface area contributed by atoms with Crippen LogP contribution in [0.25, 0.3) is 0 Å². The number of carbonyl (C=O) groups is 1. The first-order valence-electron chi connectivity index (χ1n) is 6.54. The molecule has 0 bridgehead atoms. The maximum atomic E-state index is 12.5. The average Bonchev–Trinajstić information content (AvgIpc) is 2.38. The van der Waals surface area contributed by atoms with Gasteiger partial charge in [0.1, 0.15) is 0 Å². The second-order valence-corrected chi connectivity index (χ2v) is 6.43. The van der Waals surface area contributed by atoms with E-state index in [-0.39, 0.29) is 10.7 Å². The number of ketones is 1. The van der Waals surface area contributed by atoms with Gasteiger partial charge in [-0.2, -0.15) is 4.31 Å². The van der Waals surface area contributed by atoms with E-state index in [0.717, 1.165) is 12.8 Å². The molecular weight excluding hydrogens is 262 g/mol. The van der Waals surface area contributed by atoms with E-state index in [9.17, 15) is 13.2 Å². The molecule has 106 valence electrons. The predicted octanol–water partition coefficient (Wildman–Crippen LogP) is 2.70. The van der Waals surface area contributed by atoms with Crippen molar-refractivity contribution in [1.29, 1.82) is 0 Å². The van der Waals surface area contributed by atoms with Crippen LogP contribution in [0.5, 0.6) is 0 Å². The third-order valence-electron chi connectivity index (χ3n) is 2.82. The molecular formula is C14H21NO3S. The Labute approximate surface area is 115 Å². The van der Waals surface area contributed by atoms with E-state index in [1.54, 1.807) is 18.2 Å². The highest BCUT2D eigenvalue weighted by Crippen LogP contribution is 2.18. The van der Waals surface area contributed by atoms with Gasteiger partial charge in [0.15, 0.2) is 5.78 Å². The second kappa shape index (κ2) is 6.82. The van der Waals surface area contributed by atoms with Crippen LogP contribution >= 0.6 is 0 Å². The minimum Gasteiger partial charge on any atom is -0.295 e. The quantitative estimate of drug-likeness (QED) is 0.723. The number of carbonyl (C=O) groups excluding carboxylic acids is 1. The molecule has 19 heavy (non-hydrogen) atoms. The topological polar surface area (TPSA) is 54.5 Å². The average molecular weight is 283 g/mol. The summed E-state index contributed by atoms with van der Waals surface area (Å²) in [5.41, 5.74) is 0.425. The zero-order valence-corrected chi connectivity index (χ0v) is 12.5. The Morgan fingerprint density at radius 1 is 1.16 bits per heavy atom. The number of sulfonamides is 1. The van der Waals surface area contributed by atoms with Crippen LogP contribution < -0.4 is 0 Å². The molecule has 0 saturated carbocycles. The van der Waals surface area contributed by atoms with Crippen molar-refractivity contribution < 1.29 is 13.2 Å². The SMILES string of the molecule is CCCN(CCC)S(=O)(=O)c1cccc(C(C)=O)c1. The fourth-order valence-electron chi connectivity index (χ4n) is 1.88. The van der Waals surface area contributed by atoms with Crippen molar-refractivity contribution in [2.24, 2.45) is 0 Å². The predicted molar refractivity (Wildman–Crippen MR) is 75.8 cm³/mol. The first kappa shape index (κ1) is 15.9. The number of hydrogen-bond acceptors (Lipinski definition) is 3. The van der Waals surface area contributed by atoms with Crippen molar-refractivity contribution in [2.45, 2.75) is 38.5 Å². The number of rotatable bonds is 7. The Hall–Kier alpha value is -1.20. The normalized spacial score (nSPS) is 11.8. The van der Waals surface area contributed by atoms with Gasteiger partial charge in [-0.15, -0.1) is 0 Å². The molecule has 0 N–H and O–H groups in total. The van der Waals surface area contributed by atoms with Crippen molar-refractivity contribution in [3.05, 3.63) is 29.8 Å². The van der Waals surface area contributed by atoms with E-state index in [1.165, 1.54) is 17.3 Å². The van der Waals surface area contributed by atoms with Gasteiger partial charge in [-0.25, -0.2) is 8.42 Å². The van der Waals surface area contributed by atoms with Gasteiger partial charge < -0.3 is 0 Å². The lowest BCUT2D eigenvalue weighted by molar-refractivity contribution is 0.101. The van der Waals surface area contributed by atoms with Gasteiger partial charge in [-0.3, -0.25) is 4.79 Å². The molecule has 4 nitrogen and oxygen atoms in total. The van der Waals surface area contributed by atoms with Crippen molar-refractivity contribution in [3.63, 3.8) is 0 Å². The molecule has 5 heteroatoms. The standard InChI is InChI=1S/C14H21NO3S/c1-4-9-15(10-5-2)19(17,18)14-8-6-7-13(11-14)12(3)16/h6-8,11H,4-5,9-10H2,1-3H3. The molecule has 1 aromatic rings. The smallest absolute Gasteiger partial charge is 0.243 e. The van der Waals surface area contributed by atoms with Gasteiger partial charge in [0.05, 0.1) is 4.90 Å². The number of Topliss-reactive ketones (excluding diaryl/α,β-unsaturated/α-hetero) is 1. The molecule has 0 aliphatic rings. The van der Waals surface area contributed by atoms with Crippen LogP contribution in [0.3, 0.4) is 0 Å². The summed E-state index contributed by atoms with van der Waals surface area (Å²) in [5, 5.41) is 0. The van der Waals surface area contributed by atoms with Gasteiger partial charge >= 0.3 is 0 Å². The van der Waals surface area contributed by atoms with Gasteiger partial charge in [-0.1, -0.05) is 26.0 Å². The Morgan fingerprint density at radius 2 is 1.74 bits per heavy atom. The molecule has 0 amide bonds. The van der Waals surface area contributed by atoms with Crippen molar-refractivity contribution in [2.75, 3.05) is 13.1 Å². The number of benzene rings is 1. The third kappa shape index (κ3) is 3.88. The third-order valence-corrected chi connectivity index (χ3v) is 4.72. The van der Waals surface area contributed by atoms with Crippen LogP contribution in [0.2, 0.25) is 0 Å². The van der Waals surface area contributed by atoms with Gasteiger partial charge in [-0.05, 0) is 31.9 Å². The number of nitrogens with zero attached hydrogens (tertiary/aromatic N) is 1. The minimum atomic E-state index is -3.50. The van der Waals surface area contributed by atoms with Gasteiger partial charge in [0, 0.05) is 18.7 Å². The fraction of sp³-hybridized carbons (Fsp3) is 0.500. The zero-order chi connectivity index (χ0) is 14.5. The van der Waals surface area contributed by atoms with Gasteiger partial charge in [0.25, 0.3) is 0 Å². The van der Waals surface area contributed by atoms with E-state index in [4.69, 9.17) is 0 Å². The summed E-state index contributed by atoms with van der Waals surface area (Å²) in [6.07, 6.45) is 1.54. The van der Waals surface area contributed by atoms with Crippen LogP contribution in [0.1, 0.15) is 44.0 Å². The molecule has 1 aromatic carbocycles.